The number of benzene rings is 2. The van der Waals surface area contributed by atoms with Crippen molar-refractivity contribution in [2.24, 2.45) is 0 Å². The van der Waals surface area contributed by atoms with Gasteiger partial charge in [0.25, 0.3) is 0 Å². The minimum Gasteiger partial charge on any atom is -0.376 e. The van der Waals surface area contributed by atoms with Crippen molar-refractivity contribution in [3.05, 3.63) is 60.2 Å². The fourth-order valence-electron chi connectivity index (χ4n) is 3.53. The van der Waals surface area contributed by atoms with Crippen LogP contribution in [-0.2, 0) is 0 Å². The van der Waals surface area contributed by atoms with Crippen molar-refractivity contribution in [1.29, 1.82) is 0 Å². The average Bonchev–Trinajstić information content (AvgIpc) is 3.05. The molecule has 20 heavy (non-hydrogen) atoms. The topological polar surface area (TPSA) is 27.8 Å². The lowest BCUT2D eigenvalue weighted by molar-refractivity contribution is 0.929. The summed E-state index contributed by atoms with van der Waals surface area (Å²) in [6.45, 7) is 0. The maximum Gasteiger partial charge on any atom is 0.0707 e. The van der Waals surface area contributed by atoms with E-state index in [4.69, 9.17) is 0 Å². The number of fused-ring (bicyclic) bond motifs is 7. The number of aromatic amines is 1. The summed E-state index contributed by atoms with van der Waals surface area (Å²) in [6, 6.07) is 13.5. The molecule has 0 amide bonds. The van der Waals surface area contributed by atoms with Crippen molar-refractivity contribution >= 4 is 33.1 Å². The Kier molecular flexibility index (Phi) is 1.83. The molecule has 0 bridgehead atoms. The van der Waals surface area contributed by atoms with E-state index in [2.05, 4.69) is 64.9 Å². The van der Waals surface area contributed by atoms with Crippen LogP contribution in [0.25, 0.3) is 27.4 Å². The van der Waals surface area contributed by atoms with Crippen molar-refractivity contribution in [1.82, 2.24) is 4.98 Å². The van der Waals surface area contributed by atoms with Crippen LogP contribution in [0.2, 0.25) is 0 Å². The van der Waals surface area contributed by atoms with Crippen molar-refractivity contribution in [3.63, 3.8) is 0 Å². The van der Waals surface area contributed by atoms with Crippen LogP contribution in [-0.4, -0.2) is 11.0 Å². The van der Waals surface area contributed by atoms with E-state index in [1.807, 2.05) is 0 Å². The molecule has 0 saturated carbocycles. The quantitative estimate of drug-likeness (QED) is 0.612. The molecule has 2 nitrogen and oxygen atoms in total. The van der Waals surface area contributed by atoms with E-state index in [9.17, 15) is 0 Å². The number of nitrogens with one attached hydrogen (secondary N) is 2. The van der Waals surface area contributed by atoms with E-state index in [1.165, 1.54) is 38.6 Å². The van der Waals surface area contributed by atoms with Gasteiger partial charge in [-0.3, -0.25) is 0 Å². The second kappa shape index (κ2) is 3.54. The molecule has 0 spiro atoms. The Morgan fingerprint density at radius 3 is 2.95 bits per heavy atom. The van der Waals surface area contributed by atoms with Crippen LogP contribution < -0.4 is 5.32 Å². The number of hydrogen-bond acceptors (Lipinski definition) is 1. The maximum atomic E-state index is 3.69. The lowest BCUT2D eigenvalue weighted by Crippen LogP contribution is -2.14. The zero-order chi connectivity index (χ0) is 13.1. The van der Waals surface area contributed by atoms with E-state index in [-0.39, 0.29) is 0 Å². The summed E-state index contributed by atoms with van der Waals surface area (Å²) in [5.74, 6) is 0. The summed E-state index contributed by atoms with van der Waals surface area (Å²) in [5.41, 5.74) is 6.47. The van der Waals surface area contributed by atoms with Crippen molar-refractivity contribution in [2.75, 3.05) is 5.32 Å². The zero-order valence-electron chi connectivity index (χ0n) is 11.0. The largest absolute Gasteiger partial charge is 0.376 e. The molecule has 0 radical (unpaired) electrons. The fraction of sp³-hybridized carbons (Fsp3) is 0.111. The van der Waals surface area contributed by atoms with Gasteiger partial charge >= 0.3 is 0 Å². The molecule has 2 aliphatic rings. The normalized spacial score (nSPS) is 19.8. The highest BCUT2D eigenvalue weighted by molar-refractivity contribution is 6.14. The molecule has 5 rings (SSSR count). The Hall–Kier alpha value is -2.48. The van der Waals surface area contributed by atoms with Crippen LogP contribution in [0.4, 0.5) is 5.69 Å². The lowest BCUT2D eigenvalue weighted by Gasteiger charge is -2.13. The van der Waals surface area contributed by atoms with E-state index in [0.29, 0.717) is 6.04 Å². The molecule has 1 aromatic heterocycles. The third-order valence-electron chi connectivity index (χ3n) is 4.47. The van der Waals surface area contributed by atoms with Crippen LogP contribution in [0.15, 0.2) is 54.6 Å². The highest BCUT2D eigenvalue weighted by Gasteiger charge is 2.28. The first-order chi connectivity index (χ1) is 9.92. The fourth-order valence-corrected chi connectivity index (χ4v) is 3.53. The number of hydrogen-bond donors (Lipinski definition) is 2. The molecule has 2 heteroatoms. The summed E-state index contributed by atoms with van der Waals surface area (Å²) in [6.07, 6.45) is 7.71. The number of H-pyrrole nitrogens is 1. The van der Waals surface area contributed by atoms with Gasteiger partial charge in [0.1, 0.15) is 0 Å². The highest BCUT2D eigenvalue weighted by Crippen LogP contribution is 2.43. The Bertz CT molecular complexity index is 912. The second-order valence-electron chi connectivity index (χ2n) is 5.56. The van der Waals surface area contributed by atoms with Gasteiger partial charge in [0, 0.05) is 21.9 Å². The SMILES string of the molecule is C1=CCC2Nc3c(ccc4c3[nH]c3ccccc34)C2=C1. The van der Waals surface area contributed by atoms with Crippen LogP contribution in [0.3, 0.4) is 0 Å². The number of allylic oxidation sites excluding steroid dienone is 2. The van der Waals surface area contributed by atoms with Gasteiger partial charge in [-0.25, -0.2) is 0 Å². The van der Waals surface area contributed by atoms with Gasteiger partial charge in [-0.2, -0.15) is 0 Å². The van der Waals surface area contributed by atoms with Crippen molar-refractivity contribution in [2.45, 2.75) is 12.5 Å². The minimum atomic E-state index is 0.437. The van der Waals surface area contributed by atoms with Crippen LogP contribution in [0, 0.1) is 0 Å². The third-order valence-corrected chi connectivity index (χ3v) is 4.47. The standard InChI is InChI=1S/C18H14N2/c1-3-7-15-11(5-1)13-9-10-14-12-6-2-4-8-16(12)20-18(14)17(13)19-15/h1-7,9-10,16,19-20H,8H2. The number of rotatable bonds is 0. The van der Waals surface area contributed by atoms with Crippen LogP contribution >= 0.6 is 0 Å². The second-order valence-corrected chi connectivity index (χ2v) is 5.56. The summed E-state index contributed by atoms with van der Waals surface area (Å²) in [4.78, 5) is 3.58. The molecule has 3 aromatic rings. The van der Waals surface area contributed by atoms with Crippen molar-refractivity contribution < 1.29 is 0 Å². The molecule has 2 aromatic carbocycles. The Morgan fingerprint density at radius 1 is 1.00 bits per heavy atom. The molecule has 96 valence electrons. The predicted octanol–water partition coefficient (Wildman–Crippen LogP) is 4.46. The smallest absolute Gasteiger partial charge is 0.0707 e. The summed E-state index contributed by atoms with van der Waals surface area (Å²) >= 11 is 0. The monoisotopic (exact) mass is 258 g/mol. The molecular formula is C18H14N2. The molecule has 1 unspecified atom stereocenters. The van der Waals surface area contributed by atoms with E-state index >= 15 is 0 Å². The van der Waals surface area contributed by atoms with Gasteiger partial charge in [-0.15, -0.1) is 0 Å². The van der Waals surface area contributed by atoms with Gasteiger partial charge in [0.2, 0.25) is 0 Å². The molecule has 1 aliphatic heterocycles. The van der Waals surface area contributed by atoms with Gasteiger partial charge < -0.3 is 10.3 Å². The van der Waals surface area contributed by atoms with Gasteiger partial charge in [0.05, 0.1) is 17.2 Å². The Morgan fingerprint density at radius 2 is 1.95 bits per heavy atom. The van der Waals surface area contributed by atoms with E-state index in [1.54, 1.807) is 0 Å². The molecule has 0 fully saturated rings. The summed E-state index contributed by atoms with van der Waals surface area (Å²) < 4.78 is 0. The third kappa shape index (κ3) is 1.19. The first-order valence-corrected chi connectivity index (χ1v) is 7.09. The van der Waals surface area contributed by atoms with Crippen LogP contribution in [0.5, 0.6) is 0 Å². The van der Waals surface area contributed by atoms with Gasteiger partial charge in [0.15, 0.2) is 0 Å². The van der Waals surface area contributed by atoms with E-state index in [0.717, 1.165) is 6.42 Å². The molecule has 1 atom stereocenters. The number of aromatic nitrogens is 1. The zero-order valence-corrected chi connectivity index (χ0v) is 11.0. The number of anilines is 1. The molecule has 2 N–H and O–H groups in total. The average molecular weight is 258 g/mol. The van der Waals surface area contributed by atoms with Crippen LogP contribution in [0.1, 0.15) is 12.0 Å². The van der Waals surface area contributed by atoms with Crippen molar-refractivity contribution in [3.8, 4) is 0 Å². The van der Waals surface area contributed by atoms with Gasteiger partial charge in [-0.05, 0) is 18.1 Å². The van der Waals surface area contributed by atoms with Gasteiger partial charge in [-0.1, -0.05) is 48.6 Å². The summed E-state index contributed by atoms with van der Waals surface area (Å²) in [5, 5.41) is 6.29. The lowest BCUT2D eigenvalue weighted by atomic mass is 9.96. The Balaban J connectivity index is 1.88. The molecule has 1 aliphatic carbocycles. The first kappa shape index (κ1) is 10.3. The number of para-hydroxylation sites is 1. The molecule has 0 saturated heterocycles. The Labute approximate surface area is 116 Å². The predicted molar refractivity (Wildman–Crippen MR) is 84.9 cm³/mol. The maximum absolute atomic E-state index is 3.69. The molecular weight excluding hydrogens is 244 g/mol. The summed E-state index contributed by atoms with van der Waals surface area (Å²) in [7, 11) is 0. The van der Waals surface area contributed by atoms with E-state index < -0.39 is 0 Å². The minimum absolute atomic E-state index is 0.437. The highest BCUT2D eigenvalue weighted by atomic mass is 15.0. The first-order valence-electron chi connectivity index (χ1n) is 7.09. The molecule has 2 heterocycles.